The number of ether oxygens (including phenoxy) is 2. The number of carboxylic acids is 1. The predicted octanol–water partition coefficient (Wildman–Crippen LogP) is 2.58. The highest BCUT2D eigenvalue weighted by Crippen LogP contribution is 2.32. The van der Waals surface area contributed by atoms with Crippen molar-refractivity contribution in [2.75, 3.05) is 13.7 Å². The monoisotopic (exact) mass is 413 g/mol. The van der Waals surface area contributed by atoms with E-state index in [0.29, 0.717) is 13.0 Å². The number of piperidine rings is 1. The highest BCUT2D eigenvalue weighted by molar-refractivity contribution is 5.86. The molecule has 0 spiro atoms. The Kier molecular flexibility index (Phi) is 7.00. The molecule has 1 N–H and O–H groups in total. The Morgan fingerprint density at radius 2 is 1.93 bits per heavy atom. The average Bonchev–Trinajstić information content (AvgIpc) is 2.78. The number of esters is 1. The molecule has 0 saturated carbocycles. The van der Waals surface area contributed by atoms with E-state index in [1.165, 1.54) is 23.9 Å². The summed E-state index contributed by atoms with van der Waals surface area (Å²) in [4.78, 5) is 38.2. The van der Waals surface area contributed by atoms with Gasteiger partial charge in [-0.25, -0.2) is 9.59 Å². The van der Waals surface area contributed by atoms with Gasteiger partial charge in [0.25, 0.3) is 6.73 Å². The number of aromatic nitrogens is 1. The number of carboxylic acid groups (broad SMARTS) is 1. The lowest BCUT2D eigenvalue weighted by Gasteiger charge is -2.38. The van der Waals surface area contributed by atoms with Gasteiger partial charge >= 0.3 is 18.0 Å². The van der Waals surface area contributed by atoms with Gasteiger partial charge in [0.2, 0.25) is 0 Å². The number of amides is 1. The van der Waals surface area contributed by atoms with Crippen LogP contribution in [0.3, 0.4) is 0 Å². The molecule has 1 saturated heterocycles. The molecule has 8 nitrogen and oxygen atoms in total. The summed E-state index contributed by atoms with van der Waals surface area (Å²) in [5, 5.41) is 9.10. The molecule has 1 aliphatic rings. The van der Waals surface area contributed by atoms with Crippen molar-refractivity contribution < 1.29 is 33.5 Å². The van der Waals surface area contributed by atoms with Crippen LogP contribution in [0.15, 0.2) is 54.9 Å². The molecule has 2 atom stereocenters. The number of rotatable bonds is 6. The average molecular weight is 413 g/mol. The molecule has 158 valence electrons. The van der Waals surface area contributed by atoms with Gasteiger partial charge < -0.3 is 19.5 Å². The van der Waals surface area contributed by atoms with Crippen LogP contribution < -0.4 is 4.57 Å². The Balaban J connectivity index is 1.77. The van der Waals surface area contributed by atoms with Crippen LogP contribution >= 0.6 is 0 Å². The summed E-state index contributed by atoms with van der Waals surface area (Å²) < 4.78 is 12.0. The smallest absolute Gasteiger partial charge is 0.414 e. The van der Waals surface area contributed by atoms with Crippen LogP contribution in [-0.2, 0) is 21.0 Å². The minimum atomic E-state index is -1.06. The van der Waals surface area contributed by atoms with Gasteiger partial charge in [0.05, 0.1) is 13.2 Å². The zero-order chi connectivity index (χ0) is 21.5. The molecule has 2 aromatic rings. The molecule has 1 aromatic carbocycles. The van der Waals surface area contributed by atoms with Gasteiger partial charge in [-0.2, -0.15) is 4.57 Å². The lowest BCUT2D eigenvalue weighted by Crippen LogP contribution is -2.50. The van der Waals surface area contributed by atoms with Crippen molar-refractivity contribution >= 4 is 18.0 Å². The van der Waals surface area contributed by atoms with E-state index >= 15 is 0 Å². The third kappa shape index (κ3) is 4.94. The number of likely N-dealkylation sites (tertiary alicyclic amines) is 1. The minimum Gasteiger partial charge on any atom is -0.477 e. The summed E-state index contributed by atoms with van der Waals surface area (Å²) in [6.07, 6.45) is 4.84. The van der Waals surface area contributed by atoms with E-state index in [2.05, 4.69) is 0 Å². The number of carbonyl (C=O) groups excluding carboxylic acids is 2. The van der Waals surface area contributed by atoms with Crippen molar-refractivity contribution in [3.63, 3.8) is 0 Å². The number of hydrogen-bond donors (Lipinski definition) is 1. The first kappa shape index (κ1) is 21.3. The van der Waals surface area contributed by atoms with E-state index in [1.807, 2.05) is 30.3 Å². The first-order valence-corrected chi connectivity index (χ1v) is 9.80. The molecule has 0 aliphatic carbocycles. The first-order valence-electron chi connectivity index (χ1n) is 9.80. The highest BCUT2D eigenvalue weighted by atomic mass is 16.6. The third-order valence-electron chi connectivity index (χ3n) is 5.22. The molecule has 0 bridgehead atoms. The summed E-state index contributed by atoms with van der Waals surface area (Å²) >= 11 is 0. The summed E-state index contributed by atoms with van der Waals surface area (Å²) in [6, 6.07) is 11.9. The number of hydrogen-bond acceptors (Lipinski definition) is 5. The van der Waals surface area contributed by atoms with E-state index in [9.17, 15) is 14.4 Å². The van der Waals surface area contributed by atoms with Gasteiger partial charge in [-0.3, -0.25) is 4.79 Å². The second kappa shape index (κ2) is 9.87. The molecule has 8 heteroatoms. The van der Waals surface area contributed by atoms with Crippen LogP contribution in [0.5, 0.6) is 0 Å². The summed E-state index contributed by atoms with van der Waals surface area (Å²) in [5.74, 6) is -2.06. The molecule has 1 fully saturated rings. The fourth-order valence-electron chi connectivity index (χ4n) is 3.77. The largest absolute Gasteiger partial charge is 0.477 e. The molecule has 30 heavy (non-hydrogen) atoms. The maximum Gasteiger partial charge on any atom is 0.414 e. The van der Waals surface area contributed by atoms with Gasteiger partial charge in [0.1, 0.15) is 11.5 Å². The standard InChI is InChI=1S/C22H24N2O6/c1-29-21(27)19(16-8-3-2-4-9-16)18-11-5-6-13-24(18)22(28)30-15-23-12-7-10-17(14-23)20(25)26/h2-4,7-10,12,14,18-19H,5-6,11,13,15H2,1H3/p+1/t18-,19-/m1/s1. The fourth-order valence-corrected chi connectivity index (χ4v) is 3.77. The number of nitrogens with zero attached hydrogens (tertiary/aromatic N) is 2. The Bertz CT molecular complexity index is 902. The Morgan fingerprint density at radius 3 is 2.63 bits per heavy atom. The quantitative estimate of drug-likeness (QED) is 0.578. The number of aromatic carboxylic acids is 1. The maximum atomic E-state index is 12.9. The molecule has 1 amide bonds. The third-order valence-corrected chi connectivity index (χ3v) is 5.22. The van der Waals surface area contributed by atoms with Crippen LogP contribution in [0.4, 0.5) is 4.79 Å². The molecule has 0 unspecified atom stereocenters. The molecule has 0 radical (unpaired) electrons. The van der Waals surface area contributed by atoms with Gasteiger partial charge in [0.15, 0.2) is 12.4 Å². The summed E-state index contributed by atoms with van der Waals surface area (Å²) in [7, 11) is 1.34. The molecular weight excluding hydrogens is 388 g/mol. The summed E-state index contributed by atoms with van der Waals surface area (Å²) in [6.45, 7) is 0.348. The van der Waals surface area contributed by atoms with E-state index in [4.69, 9.17) is 14.6 Å². The highest BCUT2D eigenvalue weighted by Gasteiger charge is 2.39. The molecule has 1 aromatic heterocycles. The van der Waals surface area contributed by atoms with Gasteiger partial charge in [-0.05, 0) is 30.9 Å². The van der Waals surface area contributed by atoms with Crippen LogP contribution in [-0.4, -0.2) is 47.7 Å². The number of benzene rings is 1. The van der Waals surface area contributed by atoms with E-state index in [1.54, 1.807) is 17.2 Å². The number of pyridine rings is 1. The van der Waals surface area contributed by atoms with Crippen molar-refractivity contribution in [3.8, 4) is 0 Å². The van der Waals surface area contributed by atoms with Crippen molar-refractivity contribution in [2.24, 2.45) is 0 Å². The second-order valence-corrected chi connectivity index (χ2v) is 7.12. The minimum absolute atomic E-state index is 0.0965. The summed E-state index contributed by atoms with van der Waals surface area (Å²) in [5.41, 5.74) is 0.886. The molecule has 2 heterocycles. The van der Waals surface area contributed by atoms with E-state index in [-0.39, 0.29) is 18.3 Å². The molecule has 1 aliphatic heterocycles. The lowest BCUT2D eigenvalue weighted by molar-refractivity contribution is -0.727. The lowest BCUT2D eigenvalue weighted by atomic mass is 9.85. The van der Waals surface area contributed by atoms with Crippen LogP contribution in [0.1, 0.15) is 41.1 Å². The molecule has 3 rings (SSSR count). The SMILES string of the molecule is COC(=O)[C@H](c1ccccc1)[C@H]1CCCCN1C(=O)OC[n+]1cccc(C(=O)O)c1. The molecular formula is C22H25N2O6+. The second-order valence-electron chi connectivity index (χ2n) is 7.12. The Hall–Kier alpha value is -3.42. The maximum absolute atomic E-state index is 12.9. The fraction of sp³-hybridized carbons (Fsp3) is 0.364. The van der Waals surface area contributed by atoms with Crippen molar-refractivity contribution in [1.82, 2.24) is 4.90 Å². The van der Waals surface area contributed by atoms with Gasteiger partial charge in [-0.1, -0.05) is 30.3 Å². The zero-order valence-corrected chi connectivity index (χ0v) is 16.8. The van der Waals surface area contributed by atoms with Crippen molar-refractivity contribution in [3.05, 3.63) is 66.0 Å². The van der Waals surface area contributed by atoms with E-state index < -0.39 is 23.9 Å². The van der Waals surface area contributed by atoms with Gasteiger partial charge in [0, 0.05) is 12.6 Å². The van der Waals surface area contributed by atoms with Crippen molar-refractivity contribution in [1.29, 1.82) is 0 Å². The first-order chi connectivity index (χ1) is 14.5. The number of methoxy groups -OCH3 is 1. The van der Waals surface area contributed by atoms with Crippen molar-refractivity contribution in [2.45, 2.75) is 38.0 Å². The Labute approximate surface area is 174 Å². The van der Waals surface area contributed by atoms with E-state index in [0.717, 1.165) is 18.4 Å². The zero-order valence-electron chi connectivity index (χ0n) is 16.8. The van der Waals surface area contributed by atoms with Crippen LogP contribution in [0.25, 0.3) is 0 Å². The topological polar surface area (TPSA) is 97.0 Å². The predicted molar refractivity (Wildman–Crippen MR) is 106 cm³/mol. The number of carbonyl (C=O) groups is 3. The van der Waals surface area contributed by atoms with Crippen LogP contribution in [0, 0.1) is 0 Å². The van der Waals surface area contributed by atoms with Crippen LogP contribution in [0.2, 0.25) is 0 Å². The van der Waals surface area contributed by atoms with Gasteiger partial charge in [-0.15, -0.1) is 0 Å². The normalized spacial score (nSPS) is 17.1. The Morgan fingerprint density at radius 1 is 1.17 bits per heavy atom.